The van der Waals surface area contributed by atoms with Gasteiger partial charge in [0.1, 0.15) is 78.1 Å². The zero-order chi connectivity index (χ0) is 69.7. The summed E-state index contributed by atoms with van der Waals surface area (Å²) in [5, 5.41) is 19.2. The number of aromatic amines is 2. The smallest absolute Gasteiger partial charge is 0.475 e. The molecule has 0 bridgehead atoms. The maximum atomic E-state index is 15.8. The minimum Gasteiger partial charge on any atom is -0.497 e. The molecule has 520 valence electrons. The molecule has 5 aromatic heterocycles. The van der Waals surface area contributed by atoms with E-state index in [1.54, 1.807) is 23.4 Å². The highest BCUT2D eigenvalue weighted by Gasteiger charge is 2.51. The molecule has 3 fully saturated rings. The van der Waals surface area contributed by atoms with Crippen LogP contribution in [-0.4, -0.2) is 141 Å². The maximum Gasteiger partial charge on any atom is 0.475 e. The summed E-state index contributed by atoms with van der Waals surface area (Å²) in [4.78, 5) is 65.5. The van der Waals surface area contributed by atoms with Crippen LogP contribution in [-0.2, 0) is 65.2 Å². The van der Waals surface area contributed by atoms with Crippen LogP contribution < -0.4 is 37.7 Å². The number of H-pyrrole nitrogens is 2. The summed E-state index contributed by atoms with van der Waals surface area (Å²) in [6, 6.07) is 28.2. The molecule has 3 saturated heterocycles. The van der Waals surface area contributed by atoms with E-state index in [0.29, 0.717) is 33.8 Å². The number of benzene rings is 3. The number of aryl methyl sites for hydroxylation is 1. The number of imidazole rings is 2. The van der Waals surface area contributed by atoms with E-state index in [1.807, 2.05) is 104 Å². The number of hydrogen-bond donors (Lipinski definition) is 4. The highest BCUT2D eigenvalue weighted by Crippen LogP contribution is 2.57. The summed E-state index contributed by atoms with van der Waals surface area (Å²) >= 11 is 0. The fraction of sp³-hybridized carbons (Fsp3) is 0.460. The van der Waals surface area contributed by atoms with Gasteiger partial charge >= 0.3 is 21.3 Å². The Kier molecular flexibility index (Phi) is 21.4. The van der Waals surface area contributed by atoms with Gasteiger partial charge in [0.15, 0.2) is 30.9 Å². The van der Waals surface area contributed by atoms with E-state index >= 15 is 9.13 Å². The number of phosphoric ester groups is 2. The number of rotatable bonds is 29. The zero-order valence-corrected chi connectivity index (χ0v) is 57.7. The van der Waals surface area contributed by atoms with Crippen LogP contribution in [0, 0.1) is 29.6 Å². The van der Waals surface area contributed by atoms with E-state index in [4.69, 9.17) is 71.5 Å². The Balaban J connectivity index is 0.921. The molecule has 11 rings (SSSR count). The van der Waals surface area contributed by atoms with E-state index in [2.05, 4.69) is 55.7 Å². The summed E-state index contributed by atoms with van der Waals surface area (Å²) in [7, 11) is -9.42. The average Bonchev–Trinajstić information content (AvgIpc) is 1.12. The molecule has 32 nitrogen and oxygen atoms in total. The van der Waals surface area contributed by atoms with Crippen molar-refractivity contribution in [3.05, 3.63) is 157 Å². The highest BCUT2D eigenvalue weighted by molar-refractivity contribution is 7.48. The second kappa shape index (κ2) is 29.6. The number of nitrogens with two attached hydrogens (primary N) is 2. The largest absolute Gasteiger partial charge is 0.497 e. The number of phosphoric acid groups is 2. The molecular formula is C63H76N14O18P2Si. The first-order valence-electron chi connectivity index (χ1n) is 31.4. The lowest BCUT2D eigenvalue weighted by molar-refractivity contribution is -0.0949. The van der Waals surface area contributed by atoms with Crippen molar-refractivity contribution in [3.8, 4) is 23.6 Å². The van der Waals surface area contributed by atoms with Gasteiger partial charge in [0.2, 0.25) is 5.95 Å². The number of aromatic nitrogens is 10. The predicted octanol–water partition coefficient (Wildman–Crippen LogP) is 8.14. The van der Waals surface area contributed by atoms with Crippen LogP contribution in [0.3, 0.4) is 0 Å². The second-order valence-corrected chi connectivity index (χ2v) is 32.9. The summed E-state index contributed by atoms with van der Waals surface area (Å²) in [5.41, 5.74) is 11.7. The summed E-state index contributed by atoms with van der Waals surface area (Å²) in [6.45, 7) is 9.26. The number of fused-ring (bicyclic) bond motifs is 2. The van der Waals surface area contributed by atoms with Gasteiger partial charge in [0.25, 0.3) is 11.1 Å². The third-order valence-electron chi connectivity index (χ3n) is 17.6. The van der Waals surface area contributed by atoms with Crippen LogP contribution >= 0.6 is 15.6 Å². The van der Waals surface area contributed by atoms with Crippen molar-refractivity contribution in [3.63, 3.8) is 0 Å². The van der Waals surface area contributed by atoms with E-state index in [-0.39, 0.29) is 77.8 Å². The Labute approximate surface area is 562 Å². The van der Waals surface area contributed by atoms with Crippen molar-refractivity contribution in [1.82, 2.24) is 48.6 Å². The molecule has 3 aliphatic heterocycles. The molecule has 3 aromatic carbocycles. The third kappa shape index (κ3) is 15.3. The fourth-order valence-corrected chi connectivity index (χ4v) is 15.7. The Morgan fingerprint density at radius 2 is 1.13 bits per heavy atom. The zero-order valence-electron chi connectivity index (χ0n) is 55.0. The molecular weight excluding hydrogens is 1330 g/mol. The lowest BCUT2D eigenvalue weighted by atomic mass is 9.80. The normalized spacial score (nSPS) is 22.6. The van der Waals surface area contributed by atoms with Crippen LogP contribution in [0.2, 0.25) is 18.1 Å². The van der Waals surface area contributed by atoms with Crippen molar-refractivity contribution in [1.29, 1.82) is 10.5 Å². The fourth-order valence-electron chi connectivity index (χ4n) is 11.5. The minimum atomic E-state index is -5.00. The van der Waals surface area contributed by atoms with Gasteiger partial charge in [-0.3, -0.25) is 60.4 Å². The van der Waals surface area contributed by atoms with Gasteiger partial charge in [0, 0.05) is 31.0 Å². The molecule has 2 unspecified atom stereocenters. The number of ether oxygens (including phenoxy) is 6. The third-order valence-corrected chi connectivity index (χ3v) is 25.1. The maximum absolute atomic E-state index is 15.8. The predicted molar refractivity (Wildman–Crippen MR) is 353 cm³/mol. The van der Waals surface area contributed by atoms with Gasteiger partial charge in [0.05, 0.1) is 91.0 Å². The lowest BCUT2D eigenvalue weighted by Crippen LogP contribution is -2.46. The summed E-state index contributed by atoms with van der Waals surface area (Å²) in [5.74, 6) is 1.13. The van der Waals surface area contributed by atoms with Crippen LogP contribution in [0.15, 0.2) is 118 Å². The molecule has 6 N–H and O–H groups in total. The first-order valence-corrected chi connectivity index (χ1v) is 37.2. The number of nitrogens with zero attached hydrogens (tertiary/aromatic N) is 10. The van der Waals surface area contributed by atoms with Gasteiger partial charge < -0.3 is 44.3 Å². The molecule has 8 heterocycles. The standard InChI is InChI=1S/C63H76N14O18P2Si/c1-38-31-75(61(80)74-58(38)78)50-28-45(94-97(82,87-27-13-25-65)89-34-49-46(95-98(7,8)62(2,3)4)30-52(92-49)77-37-71-54-57(77)72-60(67)73-59(54)79)48(91-50)33-88-96(81,86-26-12-24-64)93-44-29-51(76-36-70-53-55(66)68-35-69-56(53)76)90-47(44)32-85-63(39-14-10-9-11-15-39,40-16-20-42(83-5)21-17-40)41-18-22-43(84-6)23-19-41/h9-11,14-23,31,35-37,44-52H,12-13,26-30,32-34H2,1-8H3,(H2,66,68,69)(H,74,78,80)(H3,67,72,73,79)/t44-,45-,46-,47+,48+,49+,50+,51+,52+,96?,97?/m0/s1. The van der Waals surface area contributed by atoms with E-state index < -0.39 is 128 Å². The van der Waals surface area contributed by atoms with Crippen LogP contribution in [0.4, 0.5) is 11.8 Å². The summed E-state index contributed by atoms with van der Waals surface area (Å²) < 4.78 is 118. The number of nitrogen functional groups attached to an aromatic ring is 2. The number of hydrogen-bond acceptors (Lipinski definition) is 27. The molecule has 0 aliphatic carbocycles. The second-order valence-electron chi connectivity index (χ2n) is 24.9. The Bertz CT molecular complexity index is 4450. The van der Waals surface area contributed by atoms with Crippen molar-refractivity contribution < 1.29 is 69.1 Å². The van der Waals surface area contributed by atoms with Gasteiger partial charge in [-0.15, -0.1) is 0 Å². The molecule has 11 atom stereocenters. The quantitative estimate of drug-likeness (QED) is 0.0149. The Morgan fingerprint density at radius 1 is 0.633 bits per heavy atom. The van der Waals surface area contributed by atoms with Crippen LogP contribution in [0.5, 0.6) is 11.5 Å². The lowest BCUT2D eigenvalue weighted by Gasteiger charge is -2.39. The SMILES string of the molecule is COc1ccc(C(OC[C@H]2O[C@@H](n3cnc4c(N)ncnc43)C[C@@H]2OP(=O)(OCCC#N)OC[C@H]2O[C@@H](n3cc(C)c(=O)[nH]c3=O)C[C@@H]2OP(=O)(OCCC#N)OC[C@H]2O[C@@H](n3cnc4c(=O)[nH]c(N)nc43)C[C@@H]2O[Si](C)(C)C(C)(C)C)(c2ccccc2)c2ccc(OC)cc2)cc1. The highest BCUT2D eigenvalue weighted by atomic mass is 31.2. The van der Waals surface area contributed by atoms with Gasteiger partial charge in [-0.05, 0) is 66.0 Å². The molecule has 35 heteroatoms. The van der Waals surface area contributed by atoms with Crippen molar-refractivity contribution in [2.24, 2.45) is 0 Å². The Hall–Kier alpha value is -8.34. The van der Waals surface area contributed by atoms with Crippen LogP contribution in [0.1, 0.15) is 93.8 Å². The Morgan fingerprint density at radius 3 is 1.67 bits per heavy atom. The van der Waals surface area contributed by atoms with Crippen molar-refractivity contribution in [2.45, 2.75) is 139 Å². The monoisotopic (exact) mass is 1410 g/mol. The van der Waals surface area contributed by atoms with Crippen LogP contribution in [0.25, 0.3) is 22.3 Å². The molecule has 0 amide bonds. The molecule has 3 aliphatic rings. The van der Waals surface area contributed by atoms with Crippen molar-refractivity contribution in [2.75, 3.05) is 58.7 Å². The molecule has 0 saturated carbocycles. The van der Waals surface area contributed by atoms with Gasteiger partial charge in [-0.1, -0.05) is 75.4 Å². The number of methoxy groups -OCH3 is 2. The first kappa shape index (κ1) is 71.0. The van der Waals surface area contributed by atoms with E-state index in [0.717, 1.165) is 4.57 Å². The molecule has 0 spiro atoms. The molecule has 8 aromatic rings. The van der Waals surface area contributed by atoms with Gasteiger partial charge in [-0.2, -0.15) is 15.5 Å². The molecule has 98 heavy (non-hydrogen) atoms. The van der Waals surface area contributed by atoms with Gasteiger partial charge in [-0.25, -0.2) is 33.9 Å². The number of nitrogens with one attached hydrogen (secondary N) is 2. The molecule has 0 radical (unpaired) electrons. The number of nitriles is 2. The number of anilines is 2. The topological polar surface area (TPSA) is 416 Å². The van der Waals surface area contributed by atoms with E-state index in [9.17, 15) is 24.9 Å². The van der Waals surface area contributed by atoms with Crippen molar-refractivity contribution >= 4 is 58.1 Å². The summed E-state index contributed by atoms with van der Waals surface area (Å²) in [6.07, 6.45) is -5.49. The minimum absolute atomic E-state index is 0.00871. The average molecular weight is 1410 g/mol. The van der Waals surface area contributed by atoms with E-state index in [1.165, 1.54) is 32.1 Å². The first-order chi connectivity index (χ1) is 46.9.